The molecule has 0 bridgehead atoms. The summed E-state index contributed by atoms with van der Waals surface area (Å²) in [6.07, 6.45) is 3.08. The molecule has 0 saturated carbocycles. The molecule has 2 N–H and O–H groups in total. The van der Waals surface area contributed by atoms with Crippen molar-refractivity contribution < 1.29 is 19.7 Å². The van der Waals surface area contributed by atoms with E-state index in [1.165, 1.54) is 0 Å². The van der Waals surface area contributed by atoms with Crippen molar-refractivity contribution in [1.82, 2.24) is 0 Å². The molecule has 2 aliphatic rings. The maximum Gasteiger partial charge on any atom is 0.347 e. The zero-order valence-electron chi connectivity index (χ0n) is 11.3. The first-order valence-electron chi connectivity index (χ1n) is 6.25. The van der Waals surface area contributed by atoms with Crippen LogP contribution in [-0.4, -0.2) is 27.4 Å². The first kappa shape index (κ1) is 13.1. The van der Waals surface area contributed by atoms with Gasteiger partial charge in [-0.05, 0) is 38.3 Å². The Morgan fingerprint density at radius 2 is 2.11 bits per heavy atom. The van der Waals surface area contributed by atoms with Gasteiger partial charge in [0.2, 0.25) is 5.60 Å². The topological polar surface area (TPSA) is 66.8 Å². The molecule has 0 saturated heterocycles. The molecular formula is C14H20O4. The average molecular weight is 252 g/mol. The third kappa shape index (κ3) is 1.75. The lowest BCUT2D eigenvalue weighted by molar-refractivity contribution is -0.166. The fourth-order valence-electron chi connectivity index (χ4n) is 2.60. The third-order valence-corrected chi connectivity index (χ3v) is 4.23. The summed E-state index contributed by atoms with van der Waals surface area (Å²) >= 11 is 0. The van der Waals surface area contributed by atoms with E-state index in [1.807, 2.05) is 19.9 Å². The molecule has 2 rings (SSSR count). The number of ether oxygens (including phenoxy) is 1. The van der Waals surface area contributed by atoms with Crippen molar-refractivity contribution in [3.05, 3.63) is 23.0 Å². The summed E-state index contributed by atoms with van der Waals surface area (Å²) < 4.78 is 5.68. The molecule has 0 radical (unpaired) electrons. The first-order valence-corrected chi connectivity index (χ1v) is 6.25. The SMILES string of the molecule is CC1=CC(C)C(C)(O)C2=C1CCC(C)(C(=O)O)O2. The van der Waals surface area contributed by atoms with Crippen LogP contribution < -0.4 is 0 Å². The number of hydrogen-bond donors (Lipinski definition) is 2. The van der Waals surface area contributed by atoms with Crippen LogP contribution in [0.2, 0.25) is 0 Å². The van der Waals surface area contributed by atoms with Gasteiger partial charge in [0.25, 0.3) is 0 Å². The highest BCUT2D eigenvalue weighted by Crippen LogP contribution is 2.45. The van der Waals surface area contributed by atoms with Gasteiger partial charge < -0.3 is 14.9 Å². The Morgan fingerprint density at radius 1 is 1.50 bits per heavy atom. The molecule has 1 heterocycles. The predicted molar refractivity (Wildman–Crippen MR) is 66.9 cm³/mol. The Morgan fingerprint density at radius 3 is 2.67 bits per heavy atom. The molecule has 0 fully saturated rings. The summed E-state index contributed by atoms with van der Waals surface area (Å²) in [5, 5.41) is 19.8. The van der Waals surface area contributed by atoms with Crippen LogP contribution in [0.25, 0.3) is 0 Å². The van der Waals surface area contributed by atoms with Gasteiger partial charge in [-0.25, -0.2) is 4.79 Å². The third-order valence-electron chi connectivity index (χ3n) is 4.23. The van der Waals surface area contributed by atoms with Gasteiger partial charge in [0.15, 0.2) is 0 Å². The number of allylic oxidation sites excluding steroid dienone is 2. The molecule has 100 valence electrons. The molecular weight excluding hydrogens is 232 g/mol. The minimum Gasteiger partial charge on any atom is -0.478 e. The minimum atomic E-state index is -1.24. The van der Waals surface area contributed by atoms with Crippen molar-refractivity contribution in [3.8, 4) is 0 Å². The molecule has 18 heavy (non-hydrogen) atoms. The zero-order chi connectivity index (χ0) is 13.7. The van der Waals surface area contributed by atoms with Crippen LogP contribution >= 0.6 is 0 Å². The number of carboxylic acids is 1. The summed E-state index contributed by atoms with van der Waals surface area (Å²) in [5.41, 5.74) is -0.333. The van der Waals surface area contributed by atoms with Crippen LogP contribution in [-0.2, 0) is 9.53 Å². The quantitative estimate of drug-likeness (QED) is 0.751. The highest BCUT2D eigenvalue weighted by Gasteiger charge is 2.48. The van der Waals surface area contributed by atoms with Crippen LogP contribution in [0.3, 0.4) is 0 Å². The average Bonchev–Trinajstić information content (AvgIpc) is 2.26. The molecule has 0 aromatic heterocycles. The summed E-state index contributed by atoms with van der Waals surface area (Å²) in [7, 11) is 0. The predicted octanol–water partition coefficient (Wildman–Crippen LogP) is 2.24. The van der Waals surface area contributed by atoms with Gasteiger partial charge >= 0.3 is 5.97 Å². The lowest BCUT2D eigenvalue weighted by Crippen LogP contribution is -2.48. The largest absolute Gasteiger partial charge is 0.478 e. The van der Waals surface area contributed by atoms with Crippen molar-refractivity contribution in [2.24, 2.45) is 5.92 Å². The number of rotatable bonds is 1. The monoisotopic (exact) mass is 252 g/mol. The van der Waals surface area contributed by atoms with E-state index >= 15 is 0 Å². The van der Waals surface area contributed by atoms with Gasteiger partial charge in [-0.1, -0.05) is 13.0 Å². The van der Waals surface area contributed by atoms with Crippen molar-refractivity contribution >= 4 is 5.97 Å². The second-order valence-corrected chi connectivity index (χ2v) is 5.73. The van der Waals surface area contributed by atoms with E-state index in [-0.39, 0.29) is 5.92 Å². The Kier molecular flexibility index (Phi) is 2.81. The lowest BCUT2D eigenvalue weighted by Gasteiger charge is -2.43. The van der Waals surface area contributed by atoms with Gasteiger partial charge in [-0.3, -0.25) is 0 Å². The summed E-state index contributed by atoms with van der Waals surface area (Å²) in [5.74, 6) is -0.636. The van der Waals surface area contributed by atoms with Gasteiger partial charge in [0, 0.05) is 12.3 Å². The molecule has 0 aromatic rings. The number of carboxylic acid groups (broad SMARTS) is 1. The van der Waals surface area contributed by atoms with Crippen LogP contribution in [0.5, 0.6) is 0 Å². The number of aliphatic hydroxyl groups is 1. The summed E-state index contributed by atoms with van der Waals surface area (Å²) in [6, 6.07) is 0. The highest BCUT2D eigenvalue weighted by atomic mass is 16.5. The van der Waals surface area contributed by atoms with Gasteiger partial charge in [0.05, 0.1) is 0 Å². The lowest BCUT2D eigenvalue weighted by atomic mass is 9.75. The van der Waals surface area contributed by atoms with Crippen LogP contribution in [0.15, 0.2) is 23.0 Å². The molecule has 0 aromatic carbocycles. The molecule has 1 aliphatic heterocycles. The fourth-order valence-corrected chi connectivity index (χ4v) is 2.60. The maximum atomic E-state index is 11.3. The molecule has 4 nitrogen and oxygen atoms in total. The Bertz CT molecular complexity index is 458. The molecule has 0 spiro atoms. The molecule has 0 amide bonds. The van der Waals surface area contributed by atoms with Gasteiger partial charge in [0.1, 0.15) is 11.4 Å². The van der Waals surface area contributed by atoms with E-state index < -0.39 is 17.2 Å². The van der Waals surface area contributed by atoms with E-state index in [1.54, 1.807) is 13.8 Å². The molecule has 3 atom stereocenters. The van der Waals surface area contributed by atoms with Crippen molar-refractivity contribution in [1.29, 1.82) is 0 Å². The van der Waals surface area contributed by atoms with Crippen molar-refractivity contribution in [3.63, 3.8) is 0 Å². The number of hydrogen-bond acceptors (Lipinski definition) is 3. The molecule has 4 heteroatoms. The summed E-state index contributed by atoms with van der Waals surface area (Å²) in [6.45, 7) is 7.13. The fraction of sp³-hybridized carbons (Fsp3) is 0.643. The van der Waals surface area contributed by atoms with E-state index in [0.717, 1.165) is 11.1 Å². The second-order valence-electron chi connectivity index (χ2n) is 5.73. The number of aliphatic carboxylic acids is 1. The van der Waals surface area contributed by atoms with E-state index in [9.17, 15) is 15.0 Å². The van der Waals surface area contributed by atoms with Crippen LogP contribution in [0.1, 0.15) is 40.5 Å². The van der Waals surface area contributed by atoms with E-state index in [0.29, 0.717) is 18.6 Å². The molecule has 3 unspecified atom stereocenters. The maximum absolute atomic E-state index is 11.3. The minimum absolute atomic E-state index is 0.0904. The van der Waals surface area contributed by atoms with Crippen LogP contribution in [0.4, 0.5) is 0 Å². The highest BCUT2D eigenvalue weighted by molar-refractivity contribution is 5.77. The van der Waals surface area contributed by atoms with Gasteiger partial charge in [-0.2, -0.15) is 0 Å². The Balaban J connectivity index is 2.47. The Labute approximate surface area is 107 Å². The standard InChI is InChI=1S/C14H20O4/c1-8-7-9(2)14(4,17)11-10(8)5-6-13(3,18-11)12(15)16/h7,9,17H,5-6H2,1-4H3,(H,15,16). The molecule has 1 aliphatic carbocycles. The number of carbonyl (C=O) groups is 1. The van der Waals surface area contributed by atoms with Crippen molar-refractivity contribution in [2.45, 2.75) is 51.7 Å². The van der Waals surface area contributed by atoms with Gasteiger partial charge in [-0.15, -0.1) is 0 Å². The van der Waals surface area contributed by atoms with Crippen molar-refractivity contribution in [2.75, 3.05) is 0 Å². The Hall–Kier alpha value is -1.29. The summed E-state index contributed by atoms with van der Waals surface area (Å²) in [4.78, 5) is 11.3. The normalized spacial score (nSPS) is 39.8. The van der Waals surface area contributed by atoms with E-state index in [2.05, 4.69) is 0 Å². The van der Waals surface area contributed by atoms with Crippen LogP contribution in [0, 0.1) is 5.92 Å². The van der Waals surface area contributed by atoms with E-state index in [4.69, 9.17) is 4.74 Å². The first-order chi connectivity index (χ1) is 8.18. The smallest absolute Gasteiger partial charge is 0.347 e. The second kappa shape index (κ2) is 3.85. The zero-order valence-corrected chi connectivity index (χ0v) is 11.3.